The molecule has 1 fully saturated rings. The lowest BCUT2D eigenvalue weighted by Gasteiger charge is -2.16. The molecule has 1 aliphatic rings. The van der Waals surface area contributed by atoms with Crippen LogP contribution in [0, 0.1) is 6.92 Å². The fourth-order valence-corrected chi connectivity index (χ4v) is 3.43. The van der Waals surface area contributed by atoms with Gasteiger partial charge < -0.3 is 4.90 Å². The van der Waals surface area contributed by atoms with E-state index in [1.165, 1.54) is 5.56 Å². The van der Waals surface area contributed by atoms with Crippen molar-refractivity contribution in [3.05, 3.63) is 59.7 Å². The van der Waals surface area contributed by atoms with Crippen LogP contribution < -0.4 is 10.9 Å². The van der Waals surface area contributed by atoms with Crippen molar-refractivity contribution in [2.45, 2.75) is 51.1 Å². The molecule has 1 saturated heterocycles. The Morgan fingerprint density at radius 3 is 2.67 bits per heavy atom. The van der Waals surface area contributed by atoms with E-state index in [0.29, 0.717) is 17.8 Å². The molecule has 0 aliphatic carbocycles. The molecule has 27 heavy (non-hydrogen) atoms. The van der Waals surface area contributed by atoms with Crippen LogP contribution in [0.2, 0.25) is 0 Å². The third kappa shape index (κ3) is 5.58. The second kappa shape index (κ2) is 9.58. The van der Waals surface area contributed by atoms with Crippen LogP contribution in [-0.4, -0.2) is 40.4 Å². The summed E-state index contributed by atoms with van der Waals surface area (Å²) in [5.41, 5.74) is 9.39. The summed E-state index contributed by atoms with van der Waals surface area (Å²) in [6.45, 7) is 2.61. The Bertz CT molecular complexity index is 719. The molecule has 6 heteroatoms. The zero-order valence-corrected chi connectivity index (χ0v) is 16.2. The Kier molecular flexibility index (Phi) is 6.90. The second-order valence-corrected chi connectivity index (χ2v) is 7.30. The van der Waals surface area contributed by atoms with Gasteiger partial charge in [0, 0.05) is 31.9 Å². The first kappa shape index (κ1) is 19.5. The van der Waals surface area contributed by atoms with Crippen molar-refractivity contribution >= 4 is 5.91 Å². The van der Waals surface area contributed by atoms with E-state index in [1.54, 1.807) is 17.3 Å². The fraction of sp³-hybridized carbons (Fsp3) is 0.476. The SMILES string of the molecule is Cc1cnc(C(=O)N(C)CCCCCC2CC(c3ccccc3)NN2)cn1. The number of hydrogen-bond donors (Lipinski definition) is 2. The zero-order valence-electron chi connectivity index (χ0n) is 16.2. The molecule has 2 N–H and O–H groups in total. The van der Waals surface area contributed by atoms with Gasteiger partial charge in [-0.15, -0.1) is 0 Å². The number of carbonyl (C=O) groups excluding carboxylic acids is 1. The van der Waals surface area contributed by atoms with Gasteiger partial charge in [-0.05, 0) is 31.7 Å². The van der Waals surface area contributed by atoms with Crippen LogP contribution in [0.15, 0.2) is 42.7 Å². The predicted molar refractivity (Wildman–Crippen MR) is 106 cm³/mol. The first-order chi connectivity index (χ1) is 13.1. The summed E-state index contributed by atoms with van der Waals surface area (Å²) in [5, 5.41) is 0. The van der Waals surface area contributed by atoms with E-state index in [2.05, 4.69) is 51.2 Å². The summed E-state index contributed by atoms with van der Waals surface area (Å²) < 4.78 is 0. The number of hydrogen-bond acceptors (Lipinski definition) is 5. The van der Waals surface area contributed by atoms with Crippen LogP contribution >= 0.6 is 0 Å². The molecule has 2 atom stereocenters. The molecule has 1 aromatic heterocycles. The van der Waals surface area contributed by atoms with Crippen molar-refractivity contribution in [3.8, 4) is 0 Å². The van der Waals surface area contributed by atoms with Crippen molar-refractivity contribution in [2.24, 2.45) is 0 Å². The molecule has 2 unspecified atom stereocenters. The van der Waals surface area contributed by atoms with Crippen LogP contribution in [-0.2, 0) is 0 Å². The van der Waals surface area contributed by atoms with Gasteiger partial charge >= 0.3 is 0 Å². The van der Waals surface area contributed by atoms with Gasteiger partial charge in [0.2, 0.25) is 0 Å². The minimum Gasteiger partial charge on any atom is -0.340 e. The summed E-state index contributed by atoms with van der Waals surface area (Å²) in [6.07, 6.45) is 8.73. The van der Waals surface area contributed by atoms with Crippen molar-refractivity contribution in [1.82, 2.24) is 25.7 Å². The van der Waals surface area contributed by atoms with Crippen LogP contribution in [0.25, 0.3) is 0 Å². The first-order valence-corrected chi connectivity index (χ1v) is 9.73. The van der Waals surface area contributed by atoms with Gasteiger partial charge in [0.25, 0.3) is 5.91 Å². The largest absolute Gasteiger partial charge is 0.340 e. The highest BCUT2D eigenvalue weighted by Crippen LogP contribution is 2.24. The minimum atomic E-state index is -0.0603. The van der Waals surface area contributed by atoms with Gasteiger partial charge in [0.1, 0.15) is 5.69 Å². The standard InChI is InChI=1S/C21H29N5O/c1-16-14-23-20(15-22-16)21(27)26(2)12-8-4-7-11-18-13-19(25-24-18)17-9-5-3-6-10-17/h3,5-6,9-10,14-15,18-19,24-25H,4,7-8,11-13H2,1-2H3. The Hall–Kier alpha value is -2.31. The second-order valence-electron chi connectivity index (χ2n) is 7.30. The number of amides is 1. The summed E-state index contributed by atoms with van der Waals surface area (Å²) in [7, 11) is 1.83. The molecule has 144 valence electrons. The van der Waals surface area contributed by atoms with E-state index in [1.807, 2.05) is 14.0 Å². The Morgan fingerprint density at radius 2 is 1.93 bits per heavy atom. The van der Waals surface area contributed by atoms with Crippen molar-refractivity contribution in [3.63, 3.8) is 0 Å². The van der Waals surface area contributed by atoms with E-state index >= 15 is 0 Å². The number of aryl methyl sites for hydroxylation is 1. The number of hydrazine groups is 1. The molecule has 1 amide bonds. The van der Waals surface area contributed by atoms with Gasteiger partial charge in [-0.25, -0.2) is 4.98 Å². The number of unbranched alkanes of at least 4 members (excludes halogenated alkanes) is 2. The number of nitrogens with zero attached hydrogens (tertiary/aromatic N) is 3. The summed E-state index contributed by atoms with van der Waals surface area (Å²) in [4.78, 5) is 22.3. The van der Waals surface area contributed by atoms with E-state index in [-0.39, 0.29) is 5.91 Å². The highest BCUT2D eigenvalue weighted by molar-refractivity contribution is 5.91. The number of nitrogens with one attached hydrogen (secondary N) is 2. The fourth-order valence-electron chi connectivity index (χ4n) is 3.43. The van der Waals surface area contributed by atoms with Crippen molar-refractivity contribution < 1.29 is 4.79 Å². The molecule has 0 radical (unpaired) electrons. The number of aromatic nitrogens is 2. The van der Waals surface area contributed by atoms with E-state index in [4.69, 9.17) is 0 Å². The summed E-state index contributed by atoms with van der Waals surface area (Å²) >= 11 is 0. The average Bonchev–Trinajstić information content (AvgIpc) is 3.17. The lowest BCUT2D eigenvalue weighted by molar-refractivity contribution is 0.0786. The Balaban J connectivity index is 1.31. The van der Waals surface area contributed by atoms with Crippen molar-refractivity contribution in [2.75, 3.05) is 13.6 Å². The molecule has 0 bridgehead atoms. The normalized spacial score (nSPS) is 19.2. The molecular weight excluding hydrogens is 338 g/mol. The molecule has 6 nitrogen and oxygen atoms in total. The quantitative estimate of drug-likeness (QED) is 0.702. The maximum absolute atomic E-state index is 12.3. The molecule has 1 aliphatic heterocycles. The molecule has 1 aromatic carbocycles. The lowest BCUT2D eigenvalue weighted by atomic mass is 9.99. The monoisotopic (exact) mass is 367 g/mol. The molecule has 2 aromatic rings. The summed E-state index contributed by atoms with van der Waals surface area (Å²) in [6, 6.07) is 11.5. The number of rotatable bonds is 8. The Morgan fingerprint density at radius 1 is 1.11 bits per heavy atom. The average molecular weight is 367 g/mol. The van der Waals surface area contributed by atoms with Gasteiger partial charge in [0.15, 0.2) is 0 Å². The first-order valence-electron chi connectivity index (χ1n) is 9.73. The van der Waals surface area contributed by atoms with E-state index in [0.717, 1.165) is 44.3 Å². The smallest absolute Gasteiger partial charge is 0.273 e. The molecule has 2 heterocycles. The van der Waals surface area contributed by atoms with Gasteiger partial charge in [-0.3, -0.25) is 20.6 Å². The van der Waals surface area contributed by atoms with Crippen LogP contribution in [0.5, 0.6) is 0 Å². The van der Waals surface area contributed by atoms with Gasteiger partial charge in [-0.2, -0.15) is 0 Å². The predicted octanol–water partition coefficient (Wildman–Crippen LogP) is 3.03. The molecule has 0 saturated carbocycles. The van der Waals surface area contributed by atoms with Crippen molar-refractivity contribution in [1.29, 1.82) is 0 Å². The van der Waals surface area contributed by atoms with E-state index in [9.17, 15) is 4.79 Å². The third-order valence-corrected chi connectivity index (χ3v) is 5.08. The van der Waals surface area contributed by atoms with Crippen LogP contribution in [0.1, 0.15) is 59.9 Å². The molecule has 3 rings (SSSR count). The lowest BCUT2D eigenvalue weighted by Crippen LogP contribution is -2.31. The topological polar surface area (TPSA) is 70.2 Å². The minimum absolute atomic E-state index is 0.0603. The maximum Gasteiger partial charge on any atom is 0.273 e. The zero-order chi connectivity index (χ0) is 19.1. The Labute approximate surface area is 161 Å². The highest BCUT2D eigenvalue weighted by atomic mass is 16.2. The van der Waals surface area contributed by atoms with E-state index < -0.39 is 0 Å². The van der Waals surface area contributed by atoms with Gasteiger partial charge in [-0.1, -0.05) is 43.2 Å². The van der Waals surface area contributed by atoms with Crippen LogP contribution in [0.4, 0.5) is 0 Å². The third-order valence-electron chi connectivity index (χ3n) is 5.08. The van der Waals surface area contributed by atoms with Crippen LogP contribution in [0.3, 0.4) is 0 Å². The van der Waals surface area contributed by atoms with Gasteiger partial charge in [0.05, 0.1) is 11.9 Å². The maximum atomic E-state index is 12.3. The molecular formula is C21H29N5O. The highest BCUT2D eigenvalue weighted by Gasteiger charge is 2.24. The summed E-state index contributed by atoms with van der Waals surface area (Å²) in [5.74, 6) is -0.0603. The molecule has 0 spiro atoms. The number of benzene rings is 1. The number of carbonyl (C=O) groups is 1.